The first kappa shape index (κ1) is 22.9. The van der Waals surface area contributed by atoms with Gasteiger partial charge in [-0.1, -0.05) is 19.9 Å². The molecule has 156 valence electrons. The molecule has 0 aromatic heterocycles. The number of rotatable bonds is 9. The van der Waals surface area contributed by atoms with Crippen molar-refractivity contribution in [1.82, 2.24) is 4.90 Å². The Bertz CT molecular complexity index is 855. The molecule has 0 atom stereocenters. The van der Waals surface area contributed by atoms with Crippen molar-refractivity contribution in [2.75, 3.05) is 25.5 Å². The third-order valence-corrected chi connectivity index (χ3v) is 5.52. The molecule has 1 saturated heterocycles. The largest absolute Gasteiger partial charge is 0.464 e. The Labute approximate surface area is 175 Å². The number of thioether (sulfide) groups is 2. The number of imide groups is 1. The minimum atomic E-state index is -0.678. The molecule has 2 amide bonds. The molecule has 1 aliphatic rings. The highest BCUT2D eigenvalue weighted by Gasteiger charge is 2.36. The molecule has 29 heavy (non-hydrogen) atoms. The van der Waals surface area contributed by atoms with Gasteiger partial charge in [0.25, 0.3) is 16.8 Å². The van der Waals surface area contributed by atoms with Gasteiger partial charge in [-0.3, -0.25) is 29.4 Å². The summed E-state index contributed by atoms with van der Waals surface area (Å²) in [6, 6.07) is 4.40. The highest BCUT2D eigenvalue weighted by Crippen LogP contribution is 2.34. The Morgan fingerprint density at radius 3 is 2.76 bits per heavy atom. The summed E-state index contributed by atoms with van der Waals surface area (Å²) in [6.45, 7) is 3.32. The first-order valence-corrected chi connectivity index (χ1v) is 10.5. The van der Waals surface area contributed by atoms with Crippen molar-refractivity contribution in [3.63, 3.8) is 0 Å². The molecular formula is C18H20N2O7S2. The zero-order valence-corrected chi connectivity index (χ0v) is 17.5. The zero-order chi connectivity index (χ0) is 21.6. The number of hydrogen-bond acceptors (Lipinski definition) is 9. The van der Waals surface area contributed by atoms with E-state index in [1.165, 1.54) is 18.2 Å². The van der Waals surface area contributed by atoms with E-state index in [1.807, 2.05) is 13.8 Å². The predicted octanol–water partition coefficient (Wildman–Crippen LogP) is 2.91. The van der Waals surface area contributed by atoms with E-state index >= 15 is 0 Å². The van der Waals surface area contributed by atoms with E-state index in [1.54, 1.807) is 6.07 Å². The molecular weight excluding hydrogens is 420 g/mol. The average Bonchev–Trinajstić information content (AvgIpc) is 2.92. The van der Waals surface area contributed by atoms with Crippen molar-refractivity contribution in [3.05, 3.63) is 38.8 Å². The lowest BCUT2D eigenvalue weighted by molar-refractivity contribution is -0.387. The normalized spacial score (nSPS) is 15.4. The van der Waals surface area contributed by atoms with E-state index < -0.39 is 28.6 Å². The molecule has 0 unspecified atom stereocenters. The van der Waals surface area contributed by atoms with Gasteiger partial charge in [-0.2, -0.15) is 0 Å². The molecule has 1 N–H and O–H groups in total. The van der Waals surface area contributed by atoms with E-state index in [0.717, 1.165) is 16.7 Å². The van der Waals surface area contributed by atoms with Crippen LogP contribution in [0.1, 0.15) is 19.4 Å². The second kappa shape index (κ2) is 10.4. The highest BCUT2D eigenvalue weighted by atomic mass is 32.2. The van der Waals surface area contributed by atoms with Gasteiger partial charge < -0.3 is 9.84 Å². The van der Waals surface area contributed by atoms with Gasteiger partial charge in [0.05, 0.1) is 27.9 Å². The predicted molar refractivity (Wildman–Crippen MR) is 109 cm³/mol. The number of carbonyl (C=O) groups excluding carboxylic acids is 3. The molecule has 2 rings (SSSR count). The fourth-order valence-corrected chi connectivity index (χ4v) is 3.86. The van der Waals surface area contributed by atoms with Gasteiger partial charge in [0, 0.05) is 11.8 Å². The number of hydrogen-bond donors (Lipinski definition) is 1. The fourth-order valence-electron chi connectivity index (χ4n) is 2.27. The first-order chi connectivity index (χ1) is 13.7. The van der Waals surface area contributed by atoms with Gasteiger partial charge in [-0.15, -0.1) is 11.8 Å². The Hall–Kier alpha value is -2.37. The third-order valence-electron chi connectivity index (χ3n) is 3.56. The molecule has 0 aliphatic carbocycles. The maximum atomic E-state index is 12.5. The number of esters is 1. The summed E-state index contributed by atoms with van der Waals surface area (Å²) < 4.78 is 4.99. The van der Waals surface area contributed by atoms with E-state index in [9.17, 15) is 24.5 Å². The number of nitrogens with zero attached hydrogens (tertiary/aromatic N) is 2. The van der Waals surface area contributed by atoms with E-state index in [4.69, 9.17) is 9.84 Å². The van der Waals surface area contributed by atoms with Crippen molar-refractivity contribution in [2.24, 2.45) is 5.92 Å². The van der Waals surface area contributed by atoms with E-state index in [0.29, 0.717) is 28.0 Å². The number of nitro benzene ring substituents is 1. The zero-order valence-electron chi connectivity index (χ0n) is 15.8. The van der Waals surface area contributed by atoms with Crippen molar-refractivity contribution in [3.8, 4) is 0 Å². The fraction of sp³-hybridized carbons (Fsp3) is 0.389. The van der Waals surface area contributed by atoms with Crippen LogP contribution in [0.5, 0.6) is 0 Å². The SMILES string of the molecule is CC(C)COC(=O)CN1C(=O)SC(=Cc2ccc(SCCO)c([N+](=O)[O-])c2)C1=O. The monoisotopic (exact) mass is 440 g/mol. The maximum Gasteiger partial charge on any atom is 0.326 e. The first-order valence-electron chi connectivity index (χ1n) is 8.66. The molecule has 1 aromatic rings. The van der Waals surface area contributed by atoms with Crippen molar-refractivity contribution < 1.29 is 29.2 Å². The summed E-state index contributed by atoms with van der Waals surface area (Å²) in [5, 5.41) is 19.6. The second-order valence-electron chi connectivity index (χ2n) is 6.40. The number of nitro groups is 1. The summed E-state index contributed by atoms with van der Waals surface area (Å²) in [7, 11) is 0. The van der Waals surface area contributed by atoms with Crippen molar-refractivity contribution in [1.29, 1.82) is 0 Å². The van der Waals surface area contributed by atoms with Crippen LogP contribution in [0.15, 0.2) is 28.0 Å². The standard InChI is InChI=1S/C18H20N2O7S2/c1-11(2)10-27-16(22)9-19-17(23)15(29-18(19)24)8-12-3-4-14(28-6-5-21)13(7-12)20(25)26/h3-4,7-8,11,21H,5-6,9-10H2,1-2H3. The lowest BCUT2D eigenvalue weighted by Gasteiger charge is -2.12. The van der Waals surface area contributed by atoms with Gasteiger partial charge in [-0.25, -0.2) is 0 Å². The van der Waals surface area contributed by atoms with Crippen molar-refractivity contribution >= 4 is 52.4 Å². The van der Waals surface area contributed by atoms with Crippen LogP contribution in [-0.2, 0) is 14.3 Å². The van der Waals surface area contributed by atoms with E-state index in [2.05, 4.69) is 0 Å². The summed E-state index contributed by atoms with van der Waals surface area (Å²) >= 11 is 1.80. The quantitative estimate of drug-likeness (QED) is 0.203. The number of aliphatic hydroxyl groups excluding tert-OH is 1. The molecule has 1 heterocycles. The van der Waals surface area contributed by atoms with Gasteiger partial charge in [0.1, 0.15) is 6.54 Å². The van der Waals surface area contributed by atoms with Crippen LogP contribution in [0.2, 0.25) is 0 Å². The Morgan fingerprint density at radius 1 is 1.41 bits per heavy atom. The number of benzene rings is 1. The Balaban J connectivity index is 2.17. The van der Waals surface area contributed by atoms with Gasteiger partial charge in [-0.05, 0) is 35.4 Å². The third kappa shape index (κ3) is 6.31. The topological polar surface area (TPSA) is 127 Å². The number of amides is 2. The van der Waals surface area contributed by atoms with Gasteiger partial charge >= 0.3 is 5.97 Å². The molecule has 1 fully saturated rings. The molecule has 0 saturated carbocycles. The second-order valence-corrected chi connectivity index (χ2v) is 8.53. The molecule has 0 radical (unpaired) electrons. The molecule has 9 nitrogen and oxygen atoms in total. The van der Waals surface area contributed by atoms with Crippen LogP contribution >= 0.6 is 23.5 Å². The summed E-state index contributed by atoms with van der Waals surface area (Å²) in [5.41, 5.74) is 0.214. The number of ether oxygens (including phenoxy) is 1. The number of aliphatic hydroxyl groups is 1. The smallest absolute Gasteiger partial charge is 0.326 e. The summed E-state index contributed by atoms with van der Waals surface area (Å²) in [4.78, 5) is 48.4. The molecule has 1 aromatic carbocycles. The summed E-state index contributed by atoms with van der Waals surface area (Å²) in [6.07, 6.45) is 1.37. The molecule has 11 heteroatoms. The molecule has 0 spiro atoms. The molecule has 1 aliphatic heterocycles. The van der Waals surface area contributed by atoms with Crippen LogP contribution in [0.3, 0.4) is 0 Å². The van der Waals surface area contributed by atoms with Gasteiger partial charge in [0.15, 0.2) is 0 Å². The van der Waals surface area contributed by atoms with Crippen LogP contribution in [0, 0.1) is 16.0 Å². The lowest BCUT2D eigenvalue weighted by atomic mass is 10.2. The average molecular weight is 440 g/mol. The van der Waals surface area contributed by atoms with E-state index in [-0.39, 0.29) is 29.7 Å². The Kier molecular flexibility index (Phi) is 8.23. The highest BCUT2D eigenvalue weighted by molar-refractivity contribution is 8.18. The van der Waals surface area contributed by atoms with Crippen LogP contribution in [0.25, 0.3) is 6.08 Å². The minimum Gasteiger partial charge on any atom is -0.464 e. The maximum absolute atomic E-state index is 12.5. The molecule has 0 bridgehead atoms. The van der Waals surface area contributed by atoms with Crippen LogP contribution < -0.4 is 0 Å². The van der Waals surface area contributed by atoms with Crippen LogP contribution in [0.4, 0.5) is 10.5 Å². The summed E-state index contributed by atoms with van der Waals surface area (Å²) in [5.74, 6) is -0.888. The Morgan fingerprint density at radius 2 is 2.14 bits per heavy atom. The van der Waals surface area contributed by atoms with Crippen molar-refractivity contribution in [2.45, 2.75) is 18.7 Å². The lowest BCUT2D eigenvalue weighted by Crippen LogP contribution is -2.34. The van der Waals surface area contributed by atoms with Gasteiger partial charge in [0.2, 0.25) is 0 Å². The number of carbonyl (C=O) groups is 3. The van der Waals surface area contributed by atoms with Crippen LogP contribution in [-0.4, -0.2) is 57.6 Å². The minimum absolute atomic E-state index is 0.0664.